The molecule has 0 saturated heterocycles. The fourth-order valence-electron chi connectivity index (χ4n) is 1.77. The summed E-state index contributed by atoms with van der Waals surface area (Å²) in [5.41, 5.74) is 2.92. The highest BCUT2D eigenvalue weighted by molar-refractivity contribution is 5.25. The van der Waals surface area contributed by atoms with Crippen LogP contribution in [0.2, 0.25) is 0 Å². The van der Waals surface area contributed by atoms with E-state index in [1.807, 2.05) is 19.0 Å². The number of halogens is 3. The van der Waals surface area contributed by atoms with Crippen molar-refractivity contribution in [1.29, 1.82) is 0 Å². The molecule has 0 amide bonds. The lowest BCUT2D eigenvalue weighted by atomic mass is 10.0. The Bertz CT molecular complexity index is 374. The van der Waals surface area contributed by atoms with E-state index in [1.54, 1.807) is 0 Å². The molecule has 0 aliphatic carbocycles. The second kappa shape index (κ2) is 6.88. The molecule has 0 spiro atoms. The first-order valence-electron chi connectivity index (χ1n) is 6.10. The minimum absolute atomic E-state index is 0.0548. The lowest BCUT2D eigenvalue weighted by Crippen LogP contribution is -2.38. The standard InChI is InChI=1S/C13H20F3N3/c1-19(2)8-7-12(18-17)9-10-3-5-11(6-4-10)13(14,15)16/h3-6,12,18H,7-9,17H2,1-2H3. The van der Waals surface area contributed by atoms with Gasteiger partial charge in [-0.2, -0.15) is 13.2 Å². The Balaban J connectivity index is 2.60. The first-order valence-corrected chi connectivity index (χ1v) is 6.10. The molecule has 0 radical (unpaired) electrons. The molecule has 1 unspecified atom stereocenters. The predicted octanol–water partition coefficient (Wildman–Crippen LogP) is 2.03. The van der Waals surface area contributed by atoms with Crippen molar-refractivity contribution >= 4 is 0 Å². The summed E-state index contributed by atoms with van der Waals surface area (Å²) in [7, 11) is 3.93. The Labute approximate surface area is 111 Å². The van der Waals surface area contributed by atoms with Crippen LogP contribution in [0.3, 0.4) is 0 Å². The quantitative estimate of drug-likeness (QED) is 0.616. The van der Waals surface area contributed by atoms with Gasteiger partial charge < -0.3 is 4.90 Å². The average molecular weight is 275 g/mol. The van der Waals surface area contributed by atoms with Gasteiger partial charge in [-0.05, 0) is 51.2 Å². The Morgan fingerprint density at radius 1 is 1.21 bits per heavy atom. The fourth-order valence-corrected chi connectivity index (χ4v) is 1.77. The maximum absolute atomic E-state index is 12.4. The van der Waals surface area contributed by atoms with Gasteiger partial charge in [-0.25, -0.2) is 0 Å². The molecule has 19 heavy (non-hydrogen) atoms. The number of rotatable bonds is 6. The van der Waals surface area contributed by atoms with Gasteiger partial charge >= 0.3 is 6.18 Å². The van der Waals surface area contributed by atoms with Gasteiger partial charge in [-0.1, -0.05) is 12.1 Å². The van der Waals surface area contributed by atoms with E-state index in [0.29, 0.717) is 6.42 Å². The summed E-state index contributed by atoms with van der Waals surface area (Å²) in [4.78, 5) is 2.04. The second-order valence-corrected chi connectivity index (χ2v) is 4.85. The van der Waals surface area contributed by atoms with E-state index >= 15 is 0 Å². The molecule has 0 aromatic heterocycles. The zero-order valence-electron chi connectivity index (χ0n) is 11.2. The first-order chi connectivity index (χ1) is 8.82. The Kier molecular flexibility index (Phi) is 5.78. The smallest absolute Gasteiger partial charge is 0.309 e. The van der Waals surface area contributed by atoms with Crippen LogP contribution >= 0.6 is 0 Å². The summed E-state index contributed by atoms with van der Waals surface area (Å²) in [6.45, 7) is 0.871. The van der Waals surface area contributed by atoms with Crippen molar-refractivity contribution in [1.82, 2.24) is 10.3 Å². The van der Waals surface area contributed by atoms with Gasteiger partial charge in [0, 0.05) is 6.04 Å². The highest BCUT2D eigenvalue weighted by atomic mass is 19.4. The number of nitrogens with zero attached hydrogens (tertiary/aromatic N) is 1. The second-order valence-electron chi connectivity index (χ2n) is 4.85. The SMILES string of the molecule is CN(C)CCC(Cc1ccc(C(F)(F)F)cc1)NN. The predicted molar refractivity (Wildman–Crippen MR) is 69.4 cm³/mol. The van der Waals surface area contributed by atoms with Gasteiger partial charge in [0.05, 0.1) is 5.56 Å². The van der Waals surface area contributed by atoms with Gasteiger partial charge in [-0.15, -0.1) is 0 Å². The van der Waals surface area contributed by atoms with E-state index < -0.39 is 11.7 Å². The van der Waals surface area contributed by atoms with Crippen molar-refractivity contribution in [3.63, 3.8) is 0 Å². The molecular weight excluding hydrogens is 255 g/mol. The van der Waals surface area contributed by atoms with E-state index in [4.69, 9.17) is 5.84 Å². The minimum atomic E-state index is -4.28. The largest absolute Gasteiger partial charge is 0.416 e. The zero-order valence-corrected chi connectivity index (χ0v) is 11.2. The van der Waals surface area contributed by atoms with Crippen LogP contribution in [0.5, 0.6) is 0 Å². The summed E-state index contributed by atoms with van der Waals surface area (Å²) >= 11 is 0. The minimum Gasteiger partial charge on any atom is -0.309 e. The maximum Gasteiger partial charge on any atom is 0.416 e. The van der Waals surface area contributed by atoms with Crippen molar-refractivity contribution in [2.45, 2.75) is 25.1 Å². The Hall–Kier alpha value is -1.11. The topological polar surface area (TPSA) is 41.3 Å². The van der Waals surface area contributed by atoms with Crippen molar-refractivity contribution in [3.05, 3.63) is 35.4 Å². The summed E-state index contributed by atoms with van der Waals surface area (Å²) < 4.78 is 37.3. The van der Waals surface area contributed by atoms with Gasteiger partial charge in [0.1, 0.15) is 0 Å². The molecule has 0 aliphatic heterocycles. The third kappa shape index (κ3) is 5.59. The van der Waals surface area contributed by atoms with Gasteiger partial charge in [0.2, 0.25) is 0 Å². The molecule has 1 aromatic carbocycles. The van der Waals surface area contributed by atoms with E-state index in [2.05, 4.69) is 5.43 Å². The van der Waals surface area contributed by atoms with E-state index in [9.17, 15) is 13.2 Å². The molecule has 0 aliphatic rings. The maximum atomic E-state index is 12.4. The molecule has 1 rings (SSSR count). The van der Waals surface area contributed by atoms with Crippen LogP contribution in [0, 0.1) is 0 Å². The van der Waals surface area contributed by atoms with Crippen LogP contribution in [-0.2, 0) is 12.6 Å². The van der Waals surface area contributed by atoms with Crippen molar-refractivity contribution in [2.24, 2.45) is 5.84 Å². The van der Waals surface area contributed by atoms with E-state index in [-0.39, 0.29) is 6.04 Å². The Morgan fingerprint density at radius 3 is 2.21 bits per heavy atom. The monoisotopic (exact) mass is 275 g/mol. The molecule has 1 atom stereocenters. The van der Waals surface area contributed by atoms with Crippen LogP contribution in [0.25, 0.3) is 0 Å². The van der Waals surface area contributed by atoms with Gasteiger partial charge in [0.25, 0.3) is 0 Å². The lowest BCUT2D eigenvalue weighted by molar-refractivity contribution is -0.137. The molecule has 6 heteroatoms. The normalized spacial score (nSPS) is 13.8. The molecular formula is C13H20F3N3. The summed E-state index contributed by atoms with van der Waals surface area (Å²) in [6.07, 6.45) is -2.83. The van der Waals surface area contributed by atoms with Gasteiger partial charge in [-0.3, -0.25) is 11.3 Å². The number of alkyl halides is 3. The average Bonchev–Trinajstić information content (AvgIpc) is 2.33. The van der Waals surface area contributed by atoms with Gasteiger partial charge in [0.15, 0.2) is 0 Å². The summed E-state index contributed by atoms with van der Waals surface area (Å²) in [5.74, 6) is 5.46. The molecule has 1 aromatic rings. The number of benzene rings is 1. The molecule has 0 fully saturated rings. The van der Waals surface area contributed by atoms with Crippen LogP contribution in [0.1, 0.15) is 17.5 Å². The molecule has 0 bridgehead atoms. The van der Waals surface area contributed by atoms with Crippen LogP contribution in [-0.4, -0.2) is 31.6 Å². The number of hydrogen-bond acceptors (Lipinski definition) is 3. The fraction of sp³-hybridized carbons (Fsp3) is 0.538. The van der Waals surface area contributed by atoms with Crippen molar-refractivity contribution in [3.8, 4) is 0 Å². The molecule has 0 saturated carbocycles. The summed E-state index contributed by atoms with van der Waals surface area (Å²) in [6, 6.07) is 5.27. The number of nitrogens with two attached hydrogens (primary N) is 1. The van der Waals surface area contributed by atoms with Crippen LogP contribution in [0.4, 0.5) is 13.2 Å². The van der Waals surface area contributed by atoms with Crippen LogP contribution in [0.15, 0.2) is 24.3 Å². The highest BCUT2D eigenvalue weighted by Crippen LogP contribution is 2.29. The highest BCUT2D eigenvalue weighted by Gasteiger charge is 2.29. The molecule has 3 N–H and O–H groups in total. The van der Waals surface area contributed by atoms with E-state index in [1.165, 1.54) is 12.1 Å². The Morgan fingerprint density at radius 2 is 1.79 bits per heavy atom. The number of nitrogens with one attached hydrogen (secondary N) is 1. The van der Waals surface area contributed by atoms with Crippen molar-refractivity contribution in [2.75, 3.05) is 20.6 Å². The number of hydrogen-bond donors (Lipinski definition) is 2. The van der Waals surface area contributed by atoms with Crippen molar-refractivity contribution < 1.29 is 13.2 Å². The van der Waals surface area contributed by atoms with E-state index in [0.717, 1.165) is 30.7 Å². The van der Waals surface area contributed by atoms with Crippen LogP contribution < -0.4 is 11.3 Å². The molecule has 3 nitrogen and oxygen atoms in total. The first kappa shape index (κ1) is 15.9. The summed E-state index contributed by atoms with van der Waals surface area (Å²) in [5, 5.41) is 0. The third-order valence-electron chi connectivity index (χ3n) is 2.92. The molecule has 0 heterocycles. The lowest BCUT2D eigenvalue weighted by Gasteiger charge is -2.18. The third-order valence-corrected chi connectivity index (χ3v) is 2.92. The molecule has 108 valence electrons. The zero-order chi connectivity index (χ0) is 14.5. The number of hydrazine groups is 1.